The van der Waals surface area contributed by atoms with Crippen molar-refractivity contribution >= 4 is 46.3 Å². The summed E-state index contributed by atoms with van der Waals surface area (Å²) in [6.45, 7) is 7.92. The maximum atomic E-state index is 14.8. The number of nitrogens with one attached hydrogen (secondary N) is 4. The van der Waals surface area contributed by atoms with Gasteiger partial charge in [0.1, 0.15) is 30.0 Å². The van der Waals surface area contributed by atoms with Gasteiger partial charge in [0.2, 0.25) is 0 Å². The lowest BCUT2D eigenvalue weighted by Crippen LogP contribution is -2.53. The Morgan fingerprint density at radius 2 is 1.88 bits per heavy atom. The van der Waals surface area contributed by atoms with Crippen LogP contribution in [-0.4, -0.2) is 60.6 Å². The molecule has 2 aromatic carbocycles. The molecule has 0 aliphatic carbocycles. The molecule has 4 atom stereocenters. The average Bonchev–Trinajstić information content (AvgIpc) is 2.91. The Hall–Kier alpha value is -3.65. The number of hydrogen-bond acceptors (Lipinski definition) is 6. The zero-order valence-electron chi connectivity index (χ0n) is 23.5. The molecule has 0 aromatic heterocycles. The average molecular weight is 628 g/mol. The van der Waals surface area contributed by atoms with E-state index in [9.17, 15) is 27.1 Å². The molecule has 1 aliphatic heterocycles. The lowest BCUT2D eigenvalue weighted by atomic mass is 10.0. The van der Waals surface area contributed by atoms with Gasteiger partial charge in [-0.1, -0.05) is 30.3 Å². The van der Waals surface area contributed by atoms with Crippen molar-refractivity contribution in [2.75, 3.05) is 18.5 Å². The topological polar surface area (TPSA) is 123 Å². The maximum Gasteiger partial charge on any atom is 0.418 e. The van der Waals surface area contributed by atoms with E-state index in [0.29, 0.717) is 5.57 Å². The van der Waals surface area contributed by atoms with E-state index in [1.165, 1.54) is 32.2 Å². The zero-order valence-corrected chi connectivity index (χ0v) is 24.2. The van der Waals surface area contributed by atoms with Crippen LogP contribution in [0.4, 0.5) is 27.6 Å². The fraction of sp³-hybridized carbons (Fsp3) is 0.345. The van der Waals surface area contributed by atoms with E-state index in [1.807, 2.05) is 0 Å². The highest BCUT2D eigenvalue weighted by molar-refractivity contribution is 6.31. The number of aliphatic hydroxyl groups is 1. The predicted molar refractivity (Wildman–Crippen MR) is 157 cm³/mol. The maximum absolute atomic E-state index is 14.8. The Kier molecular flexibility index (Phi) is 11.2. The minimum Gasteiger partial charge on any atom is -0.388 e. The van der Waals surface area contributed by atoms with Crippen molar-refractivity contribution in [2.24, 2.45) is 4.99 Å². The molecule has 232 valence electrons. The fourth-order valence-corrected chi connectivity index (χ4v) is 4.26. The molecule has 8 nitrogen and oxygen atoms in total. The Balaban J connectivity index is 1.93. The lowest BCUT2D eigenvalue weighted by Gasteiger charge is -2.38. The van der Waals surface area contributed by atoms with Crippen molar-refractivity contribution < 1.29 is 36.5 Å². The van der Waals surface area contributed by atoms with Gasteiger partial charge >= 0.3 is 6.18 Å². The molecule has 1 fully saturated rings. The highest BCUT2D eigenvalue weighted by Crippen LogP contribution is 2.36. The van der Waals surface area contributed by atoms with Crippen molar-refractivity contribution in [3.8, 4) is 0 Å². The summed E-state index contributed by atoms with van der Waals surface area (Å²) in [6.07, 6.45) is -6.69. The minimum absolute atomic E-state index is 0.00798. The normalized spacial score (nSPS) is 18.8. The minimum atomic E-state index is -4.77. The molecule has 5 N–H and O–H groups in total. The molecule has 0 bridgehead atoms. The Morgan fingerprint density at radius 1 is 1.23 bits per heavy atom. The number of aliphatic hydroxyl groups excluding tert-OH is 1. The first-order valence-electron chi connectivity index (χ1n) is 12.9. The molecule has 2 unspecified atom stereocenters. The summed E-state index contributed by atoms with van der Waals surface area (Å²) in [5.74, 6) is -2.93. The molecule has 43 heavy (non-hydrogen) atoms. The van der Waals surface area contributed by atoms with E-state index in [0.717, 1.165) is 24.4 Å². The number of anilines is 1. The summed E-state index contributed by atoms with van der Waals surface area (Å²) in [4.78, 5) is 4.01. The Morgan fingerprint density at radius 3 is 2.42 bits per heavy atom. The number of amidine groups is 2. The number of benzene rings is 2. The number of halogens is 6. The Bertz CT molecular complexity index is 1450. The largest absolute Gasteiger partial charge is 0.418 e. The van der Waals surface area contributed by atoms with E-state index in [1.54, 1.807) is 6.92 Å². The molecule has 0 amide bonds. The monoisotopic (exact) mass is 627 g/mol. The molecule has 0 spiro atoms. The zero-order chi connectivity index (χ0) is 32.1. The van der Waals surface area contributed by atoms with Crippen LogP contribution < -0.4 is 10.6 Å². The molecule has 1 aliphatic rings. The van der Waals surface area contributed by atoms with Crippen molar-refractivity contribution in [3.63, 3.8) is 0 Å². The van der Waals surface area contributed by atoms with E-state index < -0.39 is 53.5 Å². The third kappa shape index (κ3) is 8.47. The van der Waals surface area contributed by atoms with Gasteiger partial charge in [0, 0.05) is 40.7 Å². The second-order valence-corrected chi connectivity index (χ2v) is 10.3. The van der Waals surface area contributed by atoms with Crippen LogP contribution in [0, 0.1) is 22.5 Å². The molecule has 1 heterocycles. The van der Waals surface area contributed by atoms with Crippen LogP contribution in [-0.2, 0) is 15.7 Å². The molecular formula is C29H31ClF5N5O3. The van der Waals surface area contributed by atoms with Crippen molar-refractivity contribution in [3.05, 3.63) is 76.5 Å². The number of hydrogen-bond donors (Lipinski definition) is 5. The highest BCUT2D eigenvalue weighted by Gasteiger charge is 2.38. The molecule has 14 heteroatoms. The fourth-order valence-electron chi connectivity index (χ4n) is 4.09. The van der Waals surface area contributed by atoms with E-state index in [-0.39, 0.29) is 46.5 Å². The summed E-state index contributed by atoms with van der Waals surface area (Å²) in [5, 5.41) is 32.0. The highest BCUT2D eigenvalue weighted by atomic mass is 35.5. The number of nitrogens with zero attached hydrogens (tertiary/aromatic N) is 1. The van der Waals surface area contributed by atoms with Crippen molar-refractivity contribution in [1.82, 2.24) is 5.32 Å². The van der Waals surface area contributed by atoms with Gasteiger partial charge < -0.3 is 30.6 Å². The molecule has 1 saturated heterocycles. The predicted octanol–water partition coefficient (Wildman–Crippen LogP) is 6.29. The van der Waals surface area contributed by atoms with Crippen molar-refractivity contribution in [2.45, 2.75) is 51.4 Å². The summed E-state index contributed by atoms with van der Waals surface area (Å²) in [7, 11) is 0. The number of rotatable bonds is 11. The number of ether oxygens (including phenoxy) is 2. The van der Waals surface area contributed by atoms with Crippen LogP contribution in [0.2, 0.25) is 5.02 Å². The van der Waals surface area contributed by atoms with E-state index >= 15 is 0 Å². The molecule has 0 saturated carbocycles. The van der Waals surface area contributed by atoms with Gasteiger partial charge in [0.25, 0.3) is 0 Å². The standard InChI is InChI=1S/C29H31ClF5N5O3/c1-14(2)19-6-7-20(26(32)25(19)31)17(10-36)11-38-12-23(41)27(43-24-13-42-15(24)3)28(39-16(4)37)40-22-9-18(30)5-8-21(22)29(33,34)35/h5-11,15,23-24,27,36,38,41H,1,12-13H2,2-4H3,(H2,37,39,40)/b17-11+,36-10?/t15-,23+,24?,27?/m1/s1. The Labute approximate surface area is 250 Å². The van der Waals surface area contributed by atoms with E-state index in [4.69, 9.17) is 31.9 Å². The number of aliphatic imine (C=N–C) groups is 1. The van der Waals surface area contributed by atoms with Crippen LogP contribution in [0.5, 0.6) is 0 Å². The van der Waals surface area contributed by atoms with E-state index in [2.05, 4.69) is 22.2 Å². The van der Waals surface area contributed by atoms with Crippen LogP contribution in [0.1, 0.15) is 37.5 Å². The lowest BCUT2D eigenvalue weighted by molar-refractivity contribution is -0.199. The van der Waals surface area contributed by atoms with Gasteiger partial charge in [-0.2, -0.15) is 13.2 Å². The van der Waals surface area contributed by atoms with Gasteiger partial charge in [-0.05, 0) is 44.5 Å². The number of allylic oxidation sites excluding steroid dienone is 2. The molecule has 0 radical (unpaired) electrons. The SMILES string of the molecule is C=C(C)c1ccc(/C(C=N)=C/NC[C@H](O)C(OC2CO[C@@H]2C)/C(=N/C(C)=N)Nc2cc(Cl)ccc2C(F)(F)F)c(F)c1F. The van der Waals surface area contributed by atoms with Crippen LogP contribution in [0.3, 0.4) is 0 Å². The van der Waals surface area contributed by atoms with Crippen LogP contribution >= 0.6 is 11.6 Å². The number of alkyl halides is 3. The van der Waals surface area contributed by atoms with Gasteiger partial charge in [-0.3, -0.25) is 5.41 Å². The first-order chi connectivity index (χ1) is 20.1. The smallest absolute Gasteiger partial charge is 0.388 e. The first-order valence-corrected chi connectivity index (χ1v) is 13.3. The van der Waals surface area contributed by atoms with Crippen LogP contribution in [0.25, 0.3) is 11.1 Å². The summed E-state index contributed by atoms with van der Waals surface area (Å²) < 4.78 is 81.9. The van der Waals surface area contributed by atoms with Crippen LogP contribution in [0.15, 0.2) is 48.1 Å². The molecular weight excluding hydrogens is 597 g/mol. The van der Waals surface area contributed by atoms with Gasteiger partial charge in [0.05, 0.1) is 24.0 Å². The molecule has 3 rings (SSSR count). The molecule has 2 aromatic rings. The van der Waals surface area contributed by atoms with Gasteiger partial charge in [-0.25, -0.2) is 13.8 Å². The summed E-state index contributed by atoms with van der Waals surface area (Å²) in [6, 6.07) is 5.49. The quantitative estimate of drug-likeness (QED) is 0.114. The third-order valence-electron chi connectivity index (χ3n) is 6.42. The second kappa shape index (κ2) is 14.2. The third-order valence-corrected chi connectivity index (χ3v) is 6.65. The van der Waals surface area contributed by atoms with Gasteiger partial charge in [-0.15, -0.1) is 0 Å². The van der Waals surface area contributed by atoms with Crippen molar-refractivity contribution in [1.29, 1.82) is 10.8 Å². The second-order valence-electron chi connectivity index (χ2n) is 9.82. The summed E-state index contributed by atoms with van der Waals surface area (Å²) in [5.41, 5.74) is -1.54. The first kappa shape index (κ1) is 33.8. The van der Waals surface area contributed by atoms with Gasteiger partial charge in [0.15, 0.2) is 11.6 Å². The summed E-state index contributed by atoms with van der Waals surface area (Å²) >= 11 is 5.96.